The van der Waals surface area contributed by atoms with Crippen LogP contribution in [0.1, 0.15) is 49.2 Å². The number of likely N-dealkylation sites (N-methyl/N-ethyl adjacent to an activating group) is 1. The lowest BCUT2D eigenvalue weighted by molar-refractivity contribution is -0.0178. The minimum atomic E-state index is -0.318. The Bertz CT molecular complexity index is 395. The zero-order valence-electron chi connectivity index (χ0n) is 12.4. The first-order valence-corrected chi connectivity index (χ1v) is 8.19. The Morgan fingerprint density at radius 2 is 1.95 bits per heavy atom. The molecule has 1 aliphatic rings. The van der Waals surface area contributed by atoms with Crippen molar-refractivity contribution in [2.24, 2.45) is 0 Å². The number of hydrogen-bond acceptors (Lipinski definition) is 4. The van der Waals surface area contributed by atoms with Crippen molar-refractivity contribution in [2.45, 2.75) is 63.5 Å². The van der Waals surface area contributed by atoms with Gasteiger partial charge in [0.2, 0.25) is 0 Å². The van der Waals surface area contributed by atoms with Gasteiger partial charge in [-0.3, -0.25) is 0 Å². The van der Waals surface area contributed by atoms with E-state index in [-0.39, 0.29) is 11.6 Å². The first-order valence-electron chi connectivity index (χ1n) is 7.31. The molecule has 1 N–H and O–H groups in total. The lowest BCUT2D eigenvalue weighted by Crippen LogP contribution is -2.54. The quantitative estimate of drug-likeness (QED) is 0.862. The number of hydrogen-bond donors (Lipinski definition) is 1. The fourth-order valence-corrected chi connectivity index (χ4v) is 3.93. The number of rotatable bonds is 4. The van der Waals surface area contributed by atoms with E-state index in [1.165, 1.54) is 25.7 Å². The molecule has 0 aliphatic heterocycles. The summed E-state index contributed by atoms with van der Waals surface area (Å²) in [4.78, 5) is 6.75. The largest absolute Gasteiger partial charge is 0.391 e. The molecule has 0 aromatic carbocycles. The summed E-state index contributed by atoms with van der Waals surface area (Å²) in [6, 6.07) is 0. The fraction of sp³-hybridized carbons (Fsp3) is 0.800. The monoisotopic (exact) mass is 282 g/mol. The van der Waals surface area contributed by atoms with Crippen LogP contribution in [0.3, 0.4) is 0 Å². The average Bonchev–Trinajstić information content (AvgIpc) is 2.65. The van der Waals surface area contributed by atoms with Crippen molar-refractivity contribution in [2.75, 3.05) is 14.1 Å². The van der Waals surface area contributed by atoms with Crippen LogP contribution in [0.4, 0.5) is 0 Å². The summed E-state index contributed by atoms with van der Waals surface area (Å²) < 4.78 is 0. The minimum Gasteiger partial charge on any atom is -0.391 e. The Labute approximate surface area is 120 Å². The fourth-order valence-electron chi connectivity index (χ4n) is 3.31. The van der Waals surface area contributed by atoms with E-state index in [1.54, 1.807) is 11.3 Å². The number of aliphatic hydroxyl groups excluding tert-OH is 1. The van der Waals surface area contributed by atoms with Crippen LogP contribution in [0.2, 0.25) is 0 Å². The summed E-state index contributed by atoms with van der Waals surface area (Å²) in [5.74, 6) is 0. The molecule has 1 aromatic heterocycles. The SMILES string of the molecule is Cc1nc(CC(O)C2(N(C)C)CCCCCC2)cs1. The topological polar surface area (TPSA) is 36.4 Å². The third-order valence-corrected chi connectivity index (χ3v) is 5.37. The zero-order valence-corrected chi connectivity index (χ0v) is 13.2. The second kappa shape index (κ2) is 6.33. The van der Waals surface area contributed by atoms with Gasteiger partial charge in [0.05, 0.1) is 16.8 Å². The van der Waals surface area contributed by atoms with Crippen molar-refractivity contribution in [1.29, 1.82) is 0 Å². The summed E-state index contributed by atoms with van der Waals surface area (Å²) in [5, 5.41) is 14.0. The van der Waals surface area contributed by atoms with Crippen molar-refractivity contribution in [3.63, 3.8) is 0 Å². The number of aryl methyl sites for hydroxylation is 1. The van der Waals surface area contributed by atoms with Gasteiger partial charge in [0.15, 0.2) is 0 Å². The Balaban J connectivity index is 2.13. The Morgan fingerprint density at radius 3 is 2.42 bits per heavy atom. The lowest BCUT2D eigenvalue weighted by Gasteiger charge is -2.43. The molecule has 4 heteroatoms. The highest BCUT2D eigenvalue weighted by Crippen LogP contribution is 2.35. The molecule has 108 valence electrons. The molecule has 0 radical (unpaired) electrons. The van der Waals surface area contributed by atoms with Crippen molar-refractivity contribution in [1.82, 2.24) is 9.88 Å². The molecule has 0 spiro atoms. The van der Waals surface area contributed by atoms with Crippen LogP contribution in [0.25, 0.3) is 0 Å². The van der Waals surface area contributed by atoms with E-state index < -0.39 is 0 Å². The van der Waals surface area contributed by atoms with Crippen LogP contribution in [0.5, 0.6) is 0 Å². The highest BCUT2D eigenvalue weighted by Gasteiger charge is 2.40. The van der Waals surface area contributed by atoms with Crippen molar-refractivity contribution >= 4 is 11.3 Å². The summed E-state index contributed by atoms with van der Waals surface area (Å²) in [7, 11) is 4.22. The van der Waals surface area contributed by atoms with E-state index in [2.05, 4.69) is 29.4 Å². The van der Waals surface area contributed by atoms with Gasteiger partial charge >= 0.3 is 0 Å². The van der Waals surface area contributed by atoms with Crippen LogP contribution in [0.15, 0.2) is 5.38 Å². The Morgan fingerprint density at radius 1 is 1.32 bits per heavy atom. The summed E-state index contributed by atoms with van der Waals surface area (Å²) in [6.07, 6.45) is 7.63. The first-order chi connectivity index (χ1) is 9.04. The molecule has 0 bridgehead atoms. The highest BCUT2D eigenvalue weighted by atomic mass is 32.1. The van der Waals surface area contributed by atoms with Crippen molar-refractivity contribution < 1.29 is 5.11 Å². The third kappa shape index (κ3) is 3.36. The molecule has 1 unspecified atom stereocenters. The predicted molar refractivity (Wildman–Crippen MR) is 80.7 cm³/mol. The van der Waals surface area contributed by atoms with E-state index in [4.69, 9.17) is 0 Å². The maximum atomic E-state index is 10.8. The van der Waals surface area contributed by atoms with Crippen LogP contribution in [0, 0.1) is 6.92 Å². The molecule has 1 saturated carbocycles. The van der Waals surface area contributed by atoms with Gasteiger partial charge in [-0.1, -0.05) is 25.7 Å². The van der Waals surface area contributed by atoms with E-state index in [9.17, 15) is 5.11 Å². The number of aromatic nitrogens is 1. The Kier molecular flexibility index (Phi) is 4.98. The summed E-state index contributed by atoms with van der Waals surface area (Å²) in [6.45, 7) is 2.02. The Hall–Kier alpha value is -0.450. The first kappa shape index (κ1) is 14.9. The van der Waals surface area contributed by atoms with Gasteiger partial charge in [-0.25, -0.2) is 4.98 Å². The number of aliphatic hydroxyl groups is 1. The smallest absolute Gasteiger partial charge is 0.0897 e. The molecule has 1 aromatic rings. The average molecular weight is 282 g/mol. The van der Waals surface area contributed by atoms with Crippen LogP contribution in [-0.4, -0.2) is 40.7 Å². The van der Waals surface area contributed by atoms with E-state index >= 15 is 0 Å². The number of thiazole rings is 1. The van der Waals surface area contributed by atoms with Crippen LogP contribution in [-0.2, 0) is 6.42 Å². The molecule has 2 rings (SSSR count). The molecule has 0 amide bonds. The minimum absolute atomic E-state index is 0.0615. The van der Waals surface area contributed by atoms with Gasteiger partial charge in [0.1, 0.15) is 0 Å². The van der Waals surface area contributed by atoms with Gasteiger partial charge in [-0.15, -0.1) is 11.3 Å². The highest BCUT2D eigenvalue weighted by molar-refractivity contribution is 7.09. The lowest BCUT2D eigenvalue weighted by atomic mass is 9.81. The molecule has 1 aliphatic carbocycles. The van der Waals surface area contributed by atoms with Gasteiger partial charge in [-0.2, -0.15) is 0 Å². The summed E-state index contributed by atoms with van der Waals surface area (Å²) in [5.41, 5.74) is 0.981. The third-order valence-electron chi connectivity index (χ3n) is 4.55. The molecule has 3 nitrogen and oxygen atoms in total. The zero-order chi connectivity index (χ0) is 13.9. The van der Waals surface area contributed by atoms with Gasteiger partial charge < -0.3 is 10.0 Å². The van der Waals surface area contributed by atoms with Crippen molar-refractivity contribution in [3.05, 3.63) is 16.1 Å². The molecule has 1 fully saturated rings. The molecular weight excluding hydrogens is 256 g/mol. The van der Waals surface area contributed by atoms with Crippen LogP contribution < -0.4 is 0 Å². The van der Waals surface area contributed by atoms with Gasteiger partial charge in [0, 0.05) is 17.3 Å². The molecule has 1 atom stereocenters. The van der Waals surface area contributed by atoms with Gasteiger partial charge in [0.25, 0.3) is 0 Å². The standard InChI is InChI=1S/C15H26N2OS/c1-12-16-13(11-19-12)10-14(18)15(17(2)3)8-6-4-5-7-9-15/h11,14,18H,4-10H2,1-3H3. The number of nitrogens with zero attached hydrogens (tertiary/aromatic N) is 2. The normalized spacial score (nSPS) is 21.3. The van der Waals surface area contributed by atoms with E-state index in [0.717, 1.165) is 23.5 Å². The second-order valence-electron chi connectivity index (χ2n) is 5.99. The van der Waals surface area contributed by atoms with E-state index in [1.807, 2.05) is 6.92 Å². The maximum Gasteiger partial charge on any atom is 0.0897 e. The van der Waals surface area contributed by atoms with Crippen molar-refractivity contribution in [3.8, 4) is 0 Å². The van der Waals surface area contributed by atoms with Gasteiger partial charge in [-0.05, 0) is 33.9 Å². The predicted octanol–water partition coefficient (Wildman–Crippen LogP) is 3.01. The molecule has 0 saturated heterocycles. The summed E-state index contributed by atoms with van der Waals surface area (Å²) >= 11 is 1.67. The second-order valence-corrected chi connectivity index (χ2v) is 7.05. The van der Waals surface area contributed by atoms with Crippen LogP contribution >= 0.6 is 11.3 Å². The maximum absolute atomic E-state index is 10.8. The molecule has 1 heterocycles. The molecular formula is C15H26N2OS. The molecule has 19 heavy (non-hydrogen) atoms. The van der Waals surface area contributed by atoms with E-state index in [0.29, 0.717) is 6.42 Å².